The topological polar surface area (TPSA) is 49.4 Å². The van der Waals surface area contributed by atoms with Crippen molar-refractivity contribution >= 4 is 17.5 Å². The van der Waals surface area contributed by atoms with Crippen LogP contribution in [0.5, 0.6) is 0 Å². The van der Waals surface area contributed by atoms with E-state index >= 15 is 0 Å². The zero-order valence-corrected chi connectivity index (χ0v) is 12.9. The molecule has 0 heterocycles. The summed E-state index contributed by atoms with van der Waals surface area (Å²) in [6.45, 7) is 0. The Morgan fingerprint density at radius 2 is 1.71 bits per heavy atom. The third-order valence-electron chi connectivity index (χ3n) is 4.02. The molecule has 0 aromatic heterocycles. The van der Waals surface area contributed by atoms with E-state index in [9.17, 15) is 9.59 Å². The minimum absolute atomic E-state index is 0.0323. The summed E-state index contributed by atoms with van der Waals surface area (Å²) in [5.74, 6) is 0.581. The molecule has 1 N–H and O–H groups in total. The van der Waals surface area contributed by atoms with Gasteiger partial charge in [0.15, 0.2) is 0 Å². The number of nitrogens with zero attached hydrogens (tertiary/aromatic N) is 1. The fourth-order valence-electron chi connectivity index (χ4n) is 2.82. The number of nitrogens with one attached hydrogen (secondary N) is 1. The maximum Gasteiger partial charge on any atom is 0.253 e. The molecule has 0 saturated heterocycles. The molecule has 4 nitrogen and oxygen atoms in total. The van der Waals surface area contributed by atoms with Crippen LogP contribution in [0.4, 0.5) is 5.69 Å². The Labute approximate surface area is 126 Å². The lowest BCUT2D eigenvalue weighted by Gasteiger charge is -2.20. The van der Waals surface area contributed by atoms with E-state index < -0.39 is 0 Å². The highest BCUT2D eigenvalue weighted by molar-refractivity contribution is 5.95. The Morgan fingerprint density at radius 1 is 1.10 bits per heavy atom. The summed E-state index contributed by atoms with van der Waals surface area (Å²) >= 11 is 0. The van der Waals surface area contributed by atoms with Crippen molar-refractivity contribution in [2.24, 2.45) is 5.92 Å². The fraction of sp³-hybridized carbons (Fsp3) is 0.529. The molecule has 0 bridgehead atoms. The van der Waals surface area contributed by atoms with Gasteiger partial charge >= 0.3 is 0 Å². The van der Waals surface area contributed by atoms with Gasteiger partial charge in [-0.2, -0.15) is 0 Å². The predicted octanol–water partition coefficient (Wildman–Crippen LogP) is 3.30. The summed E-state index contributed by atoms with van der Waals surface area (Å²) in [4.78, 5) is 25.3. The lowest BCUT2D eigenvalue weighted by atomic mass is 9.87. The summed E-state index contributed by atoms with van der Waals surface area (Å²) < 4.78 is 0. The molecular formula is C17H24N2O2. The molecule has 1 saturated carbocycles. The SMILES string of the molecule is CN(C)C(=O)c1ccc(NC(=O)CC2CCCCC2)cc1. The molecule has 1 fully saturated rings. The van der Waals surface area contributed by atoms with Gasteiger partial charge in [0, 0.05) is 31.8 Å². The van der Waals surface area contributed by atoms with E-state index in [2.05, 4.69) is 5.32 Å². The van der Waals surface area contributed by atoms with Crippen molar-refractivity contribution in [2.45, 2.75) is 38.5 Å². The van der Waals surface area contributed by atoms with Gasteiger partial charge in [-0.05, 0) is 43.0 Å². The Morgan fingerprint density at radius 3 is 2.29 bits per heavy atom. The standard InChI is InChI=1S/C17H24N2O2/c1-19(2)17(21)14-8-10-15(11-9-14)18-16(20)12-13-6-4-3-5-7-13/h8-11,13H,3-7,12H2,1-2H3,(H,18,20). The quantitative estimate of drug-likeness (QED) is 0.924. The molecule has 0 aliphatic heterocycles. The summed E-state index contributed by atoms with van der Waals surface area (Å²) in [6.07, 6.45) is 6.75. The first-order valence-electron chi connectivity index (χ1n) is 7.68. The van der Waals surface area contributed by atoms with Gasteiger partial charge in [0.25, 0.3) is 5.91 Å². The number of hydrogen-bond donors (Lipinski definition) is 1. The van der Waals surface area contributed by atoms with Crippen molar-refractivity contribution in [3.05, 3.63) is 29.8 Å². The summed E-state index contributed by atoms with van der Waals surface area (Å²) in [6, 6.07) is 7.07. The molecule has 4 heteroatoms. The predicted molar refractivity (Wildman–Crippen MR) is 84.3 cm³/mol. The van der Waals surface area contributed by atoms with Gasteiger partial charge in [-0.1, -0.05) is 19.3 Å². The third kappa shape index (κ3) is 4.59. The van der Waals surface area contributed by atoms with Crippen LogP contribution >= 0.6 is 0 Å². The number of anilines is 1. The average Bonchev–Trinajstić information content (AvgIpc) is 2.48. The summed E-state index contributed by atoms with van der Waals surface area (Å²) in [5, 5.41) is 2.92. The Kier molecular flexibility index (Phi) is 5.37. The van der Waals surface area contributed by atoms with Crippen molar-refractivity contribution in [1.29, 1.82) is 0 Å². The van der Waals surface area contributed by atoms with E-state index in [1.807, 2.05) is 0 Å². The van der Waals surface area contributed by atoms with E-state index in [0.29, 0.717) is 17.9 Å². The van der Waals surface area contributed by atoms with Gasteiger partial charge in [0.1, 0.15) is 0 Å². The monoisotopic (exact) mass is 288 g/mol. The second-order valence-electron chi connectivity index (χ2n) is 6.03. The summed E-state index contributed by atoms with van der Waals surface area (Å²) in [7, 11) is 3.45. The van der Waals surface area contributed by atoms with Crippen LogP contribution < -0.4 is 5.32 Å². The van der Waals surface area contributed by atoms with Crippen LogP contribution in [0, 0.1) is 5.92 Å². The van der Waals surface area contributed by atoms with Gasteiger partial charge in [-0.3, -0.25) is 9.59 Å². The molecule has 2 amide bonds. The van der Waals surface area contributed by atoms with Gasteiger partial charge < -0.3 is 10.2 Å². The van der Waals surface area contributed by atoms with Crippen LogP contribution in [0.25, 0.3) is 0 Å². The molecular weight excluding hydrogens is 264 g/mol. The number of carbonyl (C=O) groups excluding carboxylic acids is 2. The lowest BCUT2D eigenvalue weighted by molar-refractivity contribution is -0.117. The Bertz CT molecular complexity index is 488. The van der Waals surface area contributed by atoms with E-state index in [-0.39, 0.29) is 11.8 Å². The first-order valence-corrected chi connectivity index (χ1v) is 7.68. The van der Waals surface area contributed by atoms with E-state index in [1.54, 1.807) is 38.4 Å². The molecule has 2 rings (SSSR count). The lowest BCUT2D eigenvalue weighted by Crippen LogP contribution is -2.21. The maximum atomic E-state index is 12.0. The van der Waals surface area contributed by atoms with Gasteiger partial charge in [-0.25, -0.2) is 0 Å². The minimum Gasteiger partial charge on any atom is -0.345 e. The highest BCUT2D eigenvalue weighted by atomic mass is 16.2. The molecule has 0 atom stereocenters. The molecule has 1 aliphatic carbocycles. The normalized spacial score (nSPS) is 15.5. The molecule has 0 unspecified atom stereocenters. The van der Waals surface area contributed by atoms with Gasteiger partial charge in [0.2, 0.25) is 5.91 Å². The second kappa shape index (κ2) is 7.25. The maximum absolute atomic E-state index is 12.0. The first-order chi connectivity index (χ1) is 10.1. The van der Waals surface area contributed by atoms with Crippen molar-refractivity contribution in [2.75, 3.05) is 19.4 Å². The van der Waals surface area contributed by atoms with Gasteiger partial charge in [-0.15, -0.1) is 0 Å². The molecule has 1 aromatic rings. The highest BCUT2D eigenvalue weighted by Gasteiger charge is 2.17. The van der Waals surface area contributed by atoms with Crippen LogP contribution in [-0.2, 0) is 4.79 Å². The number of rotatable bonds is 4. The average molecular weight is 288 g/mol. The van der Waals surface area contributed by atoms with Gasteiger partial charge in [0.05, 0.1) is 0 Å². The number of benzene rings is 1. The van der Waals surface area contributed by atoms with E-state index in [1.165, 1.54) is 37.0 Å². The minimum atomic E-state index is -0.0323. The Balaban J connectivity index is 1.87. The molecule has 114 valence electrons. The van der Waals surface area contributed by atoms with Crippen LogP contribution in [0.2, 0.25) is 0 Å². The second-order valence-corrected chi connectivity index (χ2v) is 6.03. The highest BCUT2D eigenvalue weighted by Crippen LogP contribution is 2.26. The molecule has 0 spiro atoms. The third-order valence-corrected chi connectivity index (χ3v) is 4.02. The zero-order chi connectivity index (χ0) is 15.2. The molecule has 0 radical (unpaired) electrons. The number of carbonyl (C=O) groups is 2. The van der Waals surface area contributed by atoms with Crippen molar-refractivity contribution in [1.82, 2.24) is 4.90 Å². The largest absolute Gasteiger partial charge is 0.345 e. The molecule has 1 aromatic carbocycles. The van der Waals surface area contributed by atoms with Crippen LogP contribution in [0.1, 0.15) is 48.9 Å². The number of hydrogen-bond acceptors (Lipinski definition) is 2. The van der Waals surface area contributed by atoms with E-state index in [0.717, 1.165) is 5.69 Å². The van der Waals surface area contributed by atoms with Crippen molar-refractivity contribution in [3.63, 3.8) is 0 Å². The smallest absolute Gasteiger partial charge is 0.253 e. The van der Waals surface area contributed by atoms with Crippen LogP contribution in [0.3, 0.4) is 0 Å². The van der Waals surface area contributed by atoms with Crippen molar-refractivity contribution < 1.29 is 9.59 Å². The zero-order valence-electron chi connectivity index (χ0n) is 12.9. The molecule has 21 heavy (non-hydrogen) atoms. The first kappa shape index (κ1) is 15.5. The fourth-order valence-corrected chi connectivity index (χ4v) is 2.82. The van der Waals surface area contributed by atoms with Crippen molar-refractivity contribution in [3.8, 4) is 0 Å². The molecule has 1 aliphatic rings. The van der Waals surface area contributed by atoms with Crippen LogP contribution in [-0.4, -0.2) is 30.8 Å². The summed E-state index contributed by atoms with van der Waals surface area (Å²) in [5.41, 5.74) is 1.39. The Hall–Kier alpha value is -1.84. The van der Waals surface area contributed by atoms with E-state index in [4.69, 9.17) is 0 Å². The van der Waals surface area contributed by atoms with Crippen LogP contribution in [0.15, 0.2) is 24.3 Å². The number of amides is 2.